The Balaban J connectivity index is 1.52. The highest BCUT2D eigenvalue weighted by molar-refractivity contribution is 7.14. The van der Waals surface area contributed by atoms with Gasteiger partial charge < -0.3 is 4.90 Å². The van der Waals surface area contributed by atoms with Crippen molar-refractivity contribution in [3.05, 3.63) is 70.0 Å². The molecule has 4 nitrogen and oxygen atoms in total. The Bertz CT molecular complexity index is 1020. The van der Waals surface area contributed by atoms with E-state index in [9.17, 15) is 9.18 Å². The second-order valence-electron chi connectivity index (χ2n) is 7.31. The fourth-order valence-corrected chi connectivity index (χ4v) is 4.56. The molecule has 1 aromatic heterocycles. The number of benzene rings is 2. The zero-order valence-corrected chi connectivity index (χ0v) is 16.8. The molecule has 6 heteroatoms. The highest BCUT2D eigenvalue weighted by Crippen LogP contribution is 2.33. The number of aryl methyl sites for hydroxylation is 2. The molecule has 0 N–H and O–H groups in total. The fraction of sp³-hybridized carbons (Fsp3) is 0.318. The summed E-state index contributed by atoms with van der Waals surface area (Å²) in [7, 11) is 0. The van der Waals surface area contributed by atoms with Gasteiger partial charge in [-0.2, -0.15) is 0 Å². The average molecular weight is 396 g/mol. The molecular weight excluding hydrogens is 373 g/mol. The Morgan fingerprint density at radius 3 is 2.75 bits per heavy atom. The fourth-order valence-electron chi connectivity index (χ4n) is 3.56. The van der Waals surface area contributed by atoms with Gasteiger partial charge >= 0.3 is 0 Å². The molecule has 1 aliphatic rings. The number of amides is 1. The van der Waals surface area contributed by atoms with Crippen molar-refractivity contribution in [2.45, 2.75) is 32.6 Å². The van der Waals surface area contributed by atoms with Gasteiger partial charge in [0.1, 0.15) is 10.8 Å². The largest absolute Gasteiger partial charge is 0.338 e. The summed E-state index contributed by atoms with van der Waals surface area (Å²) in [4.78, 5) is 14.9. The third-order valence-electron chi connectivity index (χ3n) is 5.36. The van der Waals surface area contributed by atoms with Gasteiger partial charge in [0.15, 0.2) is 5.01 Å². The minimum atomic E-state index is -0.291. The van der Waals surface area contributed by atoms with Crippen LogP contribution in [0.15, 0.2) is 42.5 Å². The van der Waals surface area contributed by atoms with Crippen molar-refractivity contribution >= 4 is 17.2 Å². The zero-order valence-electron chi connectivity index (χ0n) is 16.0. The van der Waals surface area contributed by atoms with Crippen LogP contribution in [-0.4, -0.2) is 34.1 Å². The standard InChI is InChI=1S/C22H22FN3OS/c1-14-9-10-16(12-15(14)2)22(27)26-11-5-6-17(13-26)20-24-25-21(28-20)18-7-3-4-8-19(18)23/h3-4,7-10,12,17H,5-6,11,13H2,1-2H3. The molecular formula is C22H22FN3OS. The Kier molecular flexibility index (Phi) is 5.22. The molecule has 1 aliphatic heterocycles. The first-order chi connectivity index (χ1) is 13.5. The molecule has 144 valence electrons. The average Bonchev–Trinajstić information content (AvgIpc) is 3.20. The van der Waals surface area contributed by atoms with Crippen molar-refractivity contribution in [3.63, 3.8) is 0 Å². The lowest BCUT2D eigenvalue weighted by atomic mass is 9.97. The lowest BCUT2D eigenvalue weighted by molar-refractivity contribution is 0.0706. The van der Waals surface area contributed by atoms with Crippen LogP contribution in [0.5, 0.6) is 0 Å². The molecule has 1 fully saturated rings. The summed E-state index contributed by atoms with van der Waals surface area (Å²) in [5, 5.41) is 9.97. The third kappa shape index (κ3) is 3.69. The van der Waals surface area contributed by atoms with Gasteiger partial charge in [-0.15, -0.1) is 10.2 Å². The van der Waals surface area contributed by atoms with E-state index in [0.717, 1.165) is 35.5 Å². The Morgan fingerprint density at radius 1 is 1.14 bits per heavy atom. The van der Waals surface area contributed by atoms with Crippen LogP contribution in [0.25, 0.3) is 10.6 Å². The lowest BCUT2D eigenvalue weighted by Crippen LogP contribution is -2.39. The molecule has 2 aromatic carbocycles. The molecule has 0 bridgehead atoms. The van der Waals surface area contributed by atoms with Crippen molar-refractivity contribution in [3.8, 4) is 10.6 Å². The van der Waals surface area contributed by atoms with Gasteiger partial charge in [0.05, 0.1) is 0 Å². The van der Waals surface area contributed by atoms with Gasteiger partial charge in [-0.05, 0) is 62.1 Å². The first kappa shape index (κ1) is 18.7. The highest BCUT2D eigenvalue weighted by atomic mass is 32.1. The van der Waals surface area contributed by atoms with Crippen LogP contribution in [0.1, 0.15) is 45.3 Å². The van der Waals surface area contributed by atoms with E-state index in [1.807, 2.05) is 36.9 Å². The molecule has 0 saturated carbocycles. The summed E-state index contributed by atoms with van der Waals surface area (Å²) in [5.41, 5.74) is 3.51. The SMILES string of the molecule is Cc1ccc(C(=O)N2CCCC(c3nnc(-c4ccccc4F)s3)C2)cc1C. The molecule has 1 amide bonds. The van der Waals surface area contributed by atoms with Crippen molar-refractivity contribution in [1.29, 1.82) is 0 Å². The number of nitrogens with zero attached hydrogens (tertiary/aromatic N) is 3. The number of halogens is 1. The third-order valence-corrected chi connectivity index (χ3v) is 6.48. The van der Waals surface area contributed by atoms with Crippen LogP contribution in [0.3, 0.4) is 0 Å². The Hall–Kier alpha value is -2.60. The van der Waals surface area contributed by atoms with Crippen molar-refractivity contribution in [1.82, 2.24) is 15.1 Å². The van der Waals surface area contributed by atoms with E-state index < -0.39 is 0 Å². The first-order valence-corrected chi connectivity index (χ1v) is 10.3. The number of rotatable bonds is 3. The smallest absolute Gasteiger partial charge is 0.253 e. The van der Waals surface area contributed by atoms with Crippen LogP contribution < -0.4 is 0 Å². The number of aromatic nitrogens is 2. The molecule has 1 unspecified atom stereocenters. The van der Waals surface area contributed by atoms with Gasteiger partial charge in [0.2, 0.25) is 0 Å². The molecule has 3 aromatic rings. The first-order valence-electron chi connectivity index (χ1n) is 9.48. The second-order valence-corrected chi connectivity index (χ2v) is 8.32. The van der Waals surface area contributed by atoms with Crippen molar-refractivity contribution in [2.75, 3.05) is 13.1 Å². The van der Waals surface area contributed by atoms with Gasteiger partial charge in [-0.1, -0.05) is 29.5 Å². The van der Waals surface area contributed by atoms with Gasteiger partial charge in [0.25, 0.3) is 5.91 Å². The van der Waals surface area contributed by atoms with Crippen LogP contribution >= 0.6 is 11.3 Å². The minimum absolute atomic E-state index is 0.0617. The molecule has 1 saturated heterocycles. The number of carbonyl (C=O) groups excluding carboxylic acids is 1. The van der Waals surface area contributed by atoms with Crippen LogP contribution in [0.4, 0.5) is 4.39 Å². The minimum Gasteiger partial charge on any atom is -0.338 e. The lowest BCUT2D eigenvalue weighted by Gasteiger charge is -2.31. The predicted octanol–water partition coefficient (Wildman–Crippen LogP) is 4.98. The number of likely N-dealkylation sites (tertiary alicyclic amines) is 1. The van der Waals surface area contributed by atoms with E-state index in [0.29, 0.717) is 17.1 Å². The molecule has 1 atom stereocenters. The van der Waals surface area contributed by atoms with E-state index in [1.54, 1.807) is 18.2 Å². The summed E-state index contributed by atoms with van der Waals surface area (Å²) in [5.74, 6) is -0.0886. The maximum atomic E-state index is 14.0. The topological polar surface area (TPSA) is 46.1 Å². The predicted molar refractivity (Wildman–Crippen MR) is 109 cm³/mol. The normalized spacial score (nSPS) is 17.0. The summed E-state index contributed by atoms with van der Waals surface area (Å²) < 4.78 is 14.0. The summed E-state index contributed by atoms with van der Waals surface area (Å²) in [6.45, 7) is 5.44. The Morgan fingerprint density at radius 2 is 1.96 bits per heavy atom. The van der Waals surface area contributed by atoms with Gasteiger partial charge in [0, 0.05) is 30.1 Å². The maximum Gasteiger partial charge on any atom is 0.253 e. The summed E-state index contributed by atoms with van der Waals surface area (Å²) in [6.07, 6.45) is 1.89. The van der Waals surface area contributed by atoms with Crippen molar-refractivity contribution < 1.29 is 9.18 Å². The molecule has 0 spiro atoms. The second kappa shape index (κ2) is 7.80. The molecule has 2 heterocycles. The summed E-state index contributed by atoms with van der Waals surface area (Å²) >= 11 is 1.42. The van der Waals surface area contributed by atoms with Crippen LogP contribution in [-0.2, 0) is 0 Å². The number of hydrogen-bond acceptors (Lipinski definition) is 4. The van der Waals surface area contributed by atoms with E-state index in [1.165, 1.54) is 23.0 Å². The molecule has 4 rings (SSSR count). The number of piperidine rings is 1. The zero-order chi connectivity index (χ0) is 19.7. The monoisotopic (exact) mass is 395 g/mol. The molecule has 0 radical (unpaired) electrons. The van der Waals surface area contributed by atoms with E-state index in [4.69, 9.17) is 0 Å². The Labute approximate surface area is 168 Å². The molecule has 0 aliphatic carbocycles. The summed E-state index contributed by atoms with van der Waals surface area (Å²) in [6, 6.07) is 12.5. The van der Waals surface area contributed by atoms with E-state index >= 15 is 0 Å². The highest BCUT2D eigenvalue weighted by Gasteiger charge is 2.28. The molecule has 28 heavy (non-hydrogen) atoms. The van der Waals surface area contributed by atoms with E-state index in [-0.39, 0.29) is 17.6 Å². The van der Waals surface area contributed by atoms with Gasteiger partial charge in [-0.25, -0.2) is 4.39 Å². The van der Waals surface area contributed by atoms with Crippen LogP contribution in [0, 0.1) is 19.7 Å². The maximum absolute atomic E-state index is 14.0. The number of carbonyl (C=O) groups is 1. The van der Waals surface area contributed by atoms with Crippen LogP contribution in [0.2, 0.25) is 0 Å². The van der Waals surface area contributed by atoms with E-state index in [2.05, 4.69) is 10.2 Å². The van der Waals surface area contributed by atoms with Crippen molar-refractivity contribution in [2.24, 2.45) is 0 Å². The number of hydrogen-bond donors (Lipinski definition) is 0. The quantitative estimate of drug-likeness (QED) is 0.628. The van der Waals surface area contributed by atoms with Gasteiger partial charge in [-0.3, -0.25) is 4.79 Å².